The first-order valence-corrected chi connectivity index (χ1v) is 5.56. The monoisotopic (exact) mass is 347 g/mol. The van der Waals surface area contributed by atoms with Gasteiger partial charge in [0.1, 0.15) is 5.82 Å². The summed E-state index contributed by atoms with van der Waals surface area (Å²) in [5.41, 5.74) is 5.58. The number of aromatic nitrogens is 1. The van der Waals surface area contributed by atoms with Crippen molar-refractivity contribution in [3.8, 4) is 0 Å². The van der Waals surface area contributed by atoms with E-state index in [0.717, 1.165) is 0 Å². The normalized spacial score (nSPS) is 9.30. The Hall–Kier alpha value is -2.03. The van der Waals surface area contributed by atoms with Crippen molar-refractivity contribution in [3.05, 3.63) is 17.8 Å². The molecule has 5 N–H and O–H groups in total. The SMILES string of the molecule is Br.COC(=O)Nc1cc(C(=O)NCCC(=N)N)cn1C. The van der Waals surface area contributed by atoms with Gasteiger partial charge < -0.3 is 20.4 Å². The van der Waals surface area contributed by atoms with Crippen LogP contribution in [0.5, 0.6) is 0 Å². The van der Waals surface area contributed by atoms with Crippen molar-refractivity contribution in [3.63, 3.8) is 0 Å². The highest BCUT2D eigenvalue weighted by atomic mass is 79.9. The van der Waals surface area contributed by atoms with Gasteiger partial charge in [0.15, 0.2) is 0 Å². The number of rotatable bonds is 5. The van der Waals surface area contributed by atoms with Crippen LogP contribution < -0.4 is 16.4 Å². The Bertz CT molecular complexity index is 500. The summed E-state index contributed by atoms with van der Waals surface area (Å²) in [6.45, 7) is 0.294. The van der Waals surface area contributed by atoms with E-state index >= 15 is 0 Å². The Labute approximate surface area is 126 Å². The van der Waals surface area contributed by atoms with Crippen molar-refractivity contribution in [1.82, 2.24) is 9.88 Å². The van der Waals surface area contributed by atoms with E-state index in [0.29, 0.717) is 24.3 Å². The minimum atomic E-state index is -0.607. The molecule has 0 atom stereocenters. The molecular formula is C11H18BrN5O3. The third-order valence-corrected chi connectivity index (χ3v) is 2.36. The van der Waals surface area contributed by atoms with Gasteiger partial charge >= 0.3 is 6.09 Å². The number of amides is 2. The molecule has 1 rings (SSSR count). The maximum absolute atomic E-state index is 11.8. The molecule has 0 aliphatic rings. The Morgan fingerprint density at radius 2 is 2.15 bits per heavy atom. The zero-order valence-electron chi connectivity index (χ0n) is 11.2. The fourth-order valence-electron chi connectivity index (χ4n) is 1.38. The van der Waals surface area contributed by atoms with Gasteiger partial charge in [-0.25, -0.2) is 4.79 Å². The van der Waals surface area contributed by atoms with Crippen molar-refractivity contribution in [2.24, 2.45) is 12.8 Å². The zero-order valence-corrected chi connectivity index (χ0v) is 12.9. The predicted octanol–water partition coefficient (Wildman–Crippen LogP) is 0.837. The zero-order chi connectivity index (χ0) is 14.4. The van der Waals surface area contributed by atoms with Crippen molar-refractivity contribution < 1.29 is 14.3 Å². The second-order valence-corrected chi connectivity index (χ2v) is 3.87. The molecule has 8 nitrogen and oxygen atoms in total. The maximum Gasteiger partial charge on any atom is 0.412 e. The molecule has 0 aromatic carbocycles. The van der Waals surface area contributed by atoms with Crippen molar-refractivity contribution in [2.45, 2.75) is 6.42 Å². The molecule has 9 heteroatoms. The van der Waals surface area contributed by atoms with Gasteiger partial charge in [-0.3, -0.25) is 15.5 Å². The van der Waals surface area contributed by atoms with Gasteiger partial charge in [0, 0.05) is 26.2 Å². The topological polar surface area (TPSA) is 122 Å². The first kappa shape index (κ1) is 18.0. The highest BCUT2D eigenvalue weighted by molar-refractivity contribution is 8.93. The third kappa shape index (κ3) is 5.31. The van der Waals surface area contributed by atoms with E-state index in [-0.39, 0.29) is 28.7 Å². The molecule has 0 saturated carbocycles. The lowest BCUT2D eigenvalue weighted by Crippen LogP contribution is -2.27. The highest BCUT2D eigenvalue weighted by Gasteiger charge is 2.12. The average molecular weight is 348 g/mol. The molecule has 1 aromatic rings. The predicted molar refractivity (Wildman–Crippen MR) is 80.6 cm³/mol. The van der Waals surface area contributed by atoms with Gasteiger partial charge in [-0.1, -0.05) is 0 Å². The van der Waals surface area contributed by atoms with Crippen molar-refractivity contribution in [1.29, 1.82) is 5.41 Å². The molecule has 0 spiro atoms. The van der Waals surface area contributed by atoms with E-state index in [1.165, 1.54) is 13.2 Å². The van der Waals surface area contributed by atoms with Crippen LogP contribution in [0.4, 0.5) is 10.6 Å². The summed E-state index contributed by atoms with van der Waals surface area (Å²) in [6.07, 6.45) is 1.27. The number of carbonyl (C=O) groups is 2. The lowest BCUT2D eigenvalue weighted by atomic mass is 10.3. The summed E-state index contributed by atoms with van der Waals surface area (Å²) in [7, 11) is 2.95. The molecule has 1 aromatic heterocycles. The van der Waals surface area contributed by atoms with Crippen LogP contribution in [0.1, 0.15) is 16.8 Å². The van der Waals surface area contributed by atoms with Crippen molar-refractivity contribution in [2.75, 3.05) is 19.0 Å². The summed E-state index contributed by atoms with van der Waals surface area (Å²) in [5.74, 6) is 0.166. The van der Waals surface area contributed by atoms with Crippen LogP contribution in [-0.4, -0.2) is 36.1 Å². The summed E-state index contributed by atoms with van der Waals surface area (Å²) in [4.78, 5) is 22.8. The first-order chi connectivity index (χ1) is 8.93. The number of methoxy groups -OCH3 is 1. The fraction of sp³-hybridized carbons (Fsp3) is 0.364. The summed E-state index contributed by atoms with van der Waals surface area (Å²) in [5, 5.41) is 12.1. The molecule has 0 saturated heterocycles. The second-order valence-electron chi connectivity index (χ2n) is 3.87. The minimum Gasteiger partial charge on any atom is -0.453 e. The molecule has 0 aliphatic carbocycles. The number of nitrogens with one attached hydrogen (secondary N) is 3. The van der Waals surface area contributed by atoms with Crippen LogP contribution in [0.15, 0.2) is 12.3 Å². The van der Waals surface area contributed by atoms with Crippen LogP contribution in [0.2, 0.25) is 0 Å². The summed E-state index contributed by atoms with van der Waals surface area (Å²) in [6, 6.07) is 1.53. The van der Waals surface area contributed by atoms with Crippen molar-refractivity contribution >= 4 is 40.6 Å². The van der Waals surface area contributed by atoms with Gasteiger partial charge in [-0.05, 0) is 6.07 Å². The van der Waals surface area contributed by atoms with Crippen LogP contribution in [0.3, 0.4) is 0 Å². The molecular weight excluding hydrogens is 330 g/mol. The molecule has 0 unspecified atom stereocenters. The smallest absolute Gasteiger partial charge is 0.412 e. The number of halogens is 1. The molecule has 0 fully saturated rings. The van der Waals surface area contributed by atoms with E-state index in [9.17, 15) is 9.59 Å². The number of hydrogen-bond acceptors (Lipinski definition) is 4. The Morgan fingerprint density at radius 3 is 2.70 bits per heavy atom. The Kier molecular flexibility index (Phi) is 7.37. The van der Waals surface area contributed by atoms with Gasteiger partial charge in [0.2, 0.25) is 0 Å². The van der Waals surface area contributed by atoms with Gasteiger partial charge in [0.25, 0.3) is 5.91 Å². The number of anilines is 1. The van der Waals surface area contributed by atoms with Crippen LogP contribution >= 0.6 is 17.0 Å². The third-order valence-electron chi connectivity index (χ3n) is 2.36. The standard InChI is InChI=1S/C11H17N5O3.BrH/c1-16-6-7(5-9(16)15-11(18)19-2)10(17)14-4-3-8(12)13;/h5-6H,3-4H2,1-2H3,(H3,12,13)(H,14,17)(H,15,18);1H. The molecule has 0 radical (unpaired) electrons. The summed E-state index contributed by atoms with van der Waals surface area (Å²) < 4.78 is 6.06. The first-order valence-electron chi connectivity index (χ1n) is 5.56. The van der Waals surface area contributed by atoms with Gasteiger partial charge in [-0.2, -0.15) is 0 Å². The van der Waals surface area contributed by atoms with E-state index in [1.807, 2.05) is 0 Å². The Balaban J connectivity index is 0.00000361. The molecule has 20 heavy (non-hydrogen) atoms. The van der Waals surface area contributed by atoms with E-state index in [1.54, 1.807) is 17.8 Å². The minimum absolute atomic E-state index is 0. The number of amidine groups is 1. The fourth-order valence-corrected chi connectivity index (χ4v) is 1.38. The lowest BCUT2D eigenvalue weighted by Gasteiger charge is -2.03. The largest absolute Gasteiger partial charge is 0.453 e. The molecule has 0 bridgehead atoms. The van der Waals surface area contributed by atoms with E-state index < -0.39 is 6.09 Å². The quantitative estimate of drug-likeness (QED) is 0.465. The molecule has 112 valence electrons. The average Bonchev–Trinajstić information content (AvgIpc) is 2.70. The van der Waals surface area contributed by atoms with Gasteiger partial charge in [0.05, 0.1) is 18.5 Å². The van der Waals surface area contributed by atoms with Crippen LogP contribution in [0, 0.1) is 5.41 Å². The van der Waals surface area contributed by atoms with Crippen LogP contribution in [0.25, 0.3) is 0 Å². The maximum atomic E-state index is 11.8. The second kappa shape index (κ2) is 8.20. The molecule has 1 heterocycles. The van der Waals surface area contributed by atoms with E-state index in [4.69, 9.17) is 11.1 Å². The highest BCUT2D eigenvalue weighted by Crippen LogP contribution is 2.12. The number of aryl methyl sites for hydroxylation is 1. The molecule has 0 aliphatic heterocycles. The van der Waals surface area contributed by atoms with Crippen LogP contribution in [-0.2, 0) is 11.8 Å². The number of nitrogens with two attached hydrogens (primary N) is 1. The number of ether oxygens (including phenoxy) is 1. The molecule has 2 amide bonds. The number of nitrogens with zero attached hydrogens (tertiary/aromatic N) is 1. The van der Waals surface area contributed by atoms with E-state index in [2.05, 4.69) is 15.4 Å². The van der Waals surface area contributed by atoms with Gasteiger partial charge in [-0.15, -0.1) is 17.0 Å². The summed E-state index contributed by atoms with van der Waals surface area (Å²) >= 11 is 0. The lowest BCUT2D eigenvalue weighted by molar-refractivity contribution is 0.0954. The number of carbonyl (C=O) groups excluding carboxylic acids is 2. The Morgan fingerprint density at radius 1 is 1.50 bits per heavy atom. The number of hydrogen-bond donors (Lipinski definition) is 4.